The van der Waals surface area contributed by atoms with Gasteiger partial charge in [-0.2, -0.15) is 0 Å². The third-order valence-electron chi connectivity index (χ3n) is 2.33. The molecule has 0 fully saturated rings. The molecule has 108 valence electrons. The monoisotopic (exact) mass is 326 g/mol. The number of pyridine rings is 1. The number of methoxy groups -OCH3 is 1. The molecule has 0 unspecified atom stereocenters. The van der Waals surface area contributed by atoms with E-state index in [2.05, 4.69) is 10.3 Å². The number of halogens is 3. The number of nitrogens with zero attached hydrogens (tertiary/aromatic N) is 1. The van der Waals surface area contributed by atoms with Crippen molar-refractivity contribution < 1.29 is 9.47 Å². The maximum atomic E-state index is 5.99. The molecule has 1 rings (SSSR count). The molecule has 0 bridgehead atoms. The SMILES string of the molecule is COCCOCCCCNc1nc(Cl)c(Cl)cc1Cl. The third-order valence-corrected chi connectivity index (χ3v) is 3.29. The summed E-state index contributed by atoms with van der Waals surface area (Å²) in [5.74, 6) is 0.552. The lowest BCUT2D eigenvalue weighted by Gasteiger charge is -2.08. The fourth-order valence-corrected chi connectivity index (χ4v) is 1.91. The van der Waals surface area contributed by atoms with Crippen LogP contribution in [-0.4, -0.2) is 38.5 Å². The summed E-state index contributed by atoms with van der Waals surface area (Å²) in [6, 6.07) is 1.58. The van der Waals surface area contributed by atoms with Gasteiger partial charge in [-0.05, 0) is 18.9 Å². The van der Waals surface area contributed by atoms with Gasteiger partial charge in [0.25, 0.3) is 0 Å². The second-order valence-corrected chi connectivity index (χ2v) is 5.00. The largest absolute Gasteiger partial charge is 0.382 e. The Bertz CT molecular complexity index is 391. The second-order valence-electron chi connectivity index (χ2n) is 3.83. The fourth-order valence-electron chi connectivity index (χ4n) is 1.35. The van der Waals surface area contributed by atoms with Gasteiger partial charge < -0.3 is 14.8 Å². The fraction of sp³-hybridized carbons (Fsp3) is 0.583. The molecule has 1 aromatic rings. The van der Waals surface area contributed by atoms with Gasteiger partial charge in [-0.1, -0.05) is 34.8 Å². The lowest BCUT2D eigenvalue weighted by molar-refractivity contribution is 0.0691. The van der Waals surface area contributed by atoms with Crippen molar-refractivity contribution in [2.45, 2.75) is 12.8 Å². The van der Waals surface area contributed by atoms with Crippen LogP contribution in [0.3, 0.4) is 0 Å². The number of rotatable bonds is 9. The smallest absolute Gasteiger partial charge is 0.150 e. The van der Waals surface area contributed by atoms with Crippen molar-refractivity contribution in [3.8, 4) is 0 Å². The van der Waals surface area contributed by atoms with Gasteiger partial charge in [0.05, 0.1) is 23.3 Å². The van der Waals surface area contributed by atoms with Crippen LogP contribution in [0.4, 0.5) is 5.82 Å². The number of unbranched alkanes of at least 4 members (excludes halogenated alkanes) is 1. The number of nitrogens with one attached hydrogen (secondary N) is 1. The minimum Gasteiger partial charge on any atom is -0.382 e. The van der Waals surface area contributed by atoms with Gasteiger partial charge in [-0.3, -0.25) is 0 Å². The van der Waals surface area contributed by atoms with Crippen LogP contribution in [0.2, 0.25) is 15.2 Å². The first-order valence-electron chi connectivity index (χ1n) is 5.97. The van der Waals surface area contributed by atoms with Crippen molar-refractivity contribution in [2.75, 3.05) is 38.8 Å². The van der Waals surface area contributed by atoms with Crippen LogP contribution in [-0.2, 0) is 9.47 Å². The molecule has 0 aliphatic rings. The van der Waals surface area contributed by atoms with E-state index in [0.717, 1.165) is 19.4 Å². The summed E-state index contributed by atoms with van der Waals surface area (Å²) in [5, 5.41) is 4.18. The van der Waals surface area contributed by atoms with Crippen molar-refractivity contribution in [1.29, 1.82) is 0 Å². The van der Waals surface area contributed by atoms with E-state index in [1.165, 1.54) is 0 Å². The Kier molecular flexibility index (Phi) is 8.50. The van der Waals surface area contributed by atoms with Crippen LogP contribution >= 0.6 is 34.8 Å². The highest BCUT2D eigenvalue weighted by Crippen LogP contribution is 2.28. The number of hydrogen-bond donors (Lipinski definition) is 1. The van der Waals surface area contributed by atoms with E-state index in [1.807, 2.05) is 0 Å². The molecule has 0 aliphatic carbocycles. The highest BCUT2D eigenvalue weighted by molar-refractivity contribution is 6.42. The summed E-state index contributed by atoms with van der Waals surface area (Å²) in [7, 11) is 1.65. The van der Waals surface area contributed by atoms with Crippen molar-refractivity contribution in [3.05, 3.63) is 21.3 Å². The first kappa shape index (κ1) is 16.8. The molecule has 19 heavy (non-hydrogen) atoms. The zero-order chi connectivity index (χ0) is 14.1. The zero-order valence-electron chi connectivity index (χ0n) is 10.7. The van der Waals surface area contributed by atoms with Gasteiger partial charge >= 0.3 is 0 Å². The maximum absolute atomic E-state index is 5.99. The van der Waals surface area contributed by atoms with Gasteiger partial charge in [-0.25, -0.2) is 4.98 Å². The molecule has 0 amide bonds. The van der Waals surface area contributed by atoms with Crippen LogP contribution in [0.5, 0.6) is 0 Å². The first-order chi connectivity index (χ1) is 9.15. The van der Waals surface area contributed by atoms with Crippen LogP contribution in [0.1, 0.15) is 12.8 Å². The Morgan fingerprint density at radius 2 is 1.89 bits per heavy atom. The Morgan fingerprint density at radius 3 is 2.63 bits per heavy atom. The highest BCUT2D eigenvalue weighted by atomic mass is 35.5. The van der Waals surface area contributed by atoms with E-state index in [-0.39, 0.29) is 5.15 Å². The Labute approximate surface area is 128 Å². The Balaban J connectivity index is 2.17. The van der Waals surface area contributed by atoms with E-state index in [4.69, 9.17) is 44.3 Å². The van der Waals surface area contributed by atoms with E-state index in [1.54, 1.807) is 13.2 Å². The molecule has 0 aliphatic heterocycles. The quantitative estimate of drug-likeness (QED) is 0.552. The molecule has 0 radical (unpaired) electrons. The van der Waals surface area contributed by atoms with Crippen molar-refractivity contribution in [2.24, 2.45) is 0 Å². The summed E-state index contributed by atoms with van der Waals surface area (Å²) in [6.45, 7) is 2.72. The minimum absolute atomic E-state index is 0.247. The van der Waals surface area contributed by atoms with Gasteiger partial charge in [0.2, 0.25) is 0 Å². The molecule has 0 aromatic carbocycles. The topological polar surface area (TPSA) is 43.4 Å². The van der Waals surface area contributed by atoms with Crippen LogP contribution in [0, 0.1) is 0 Å². The highest BCUT2D eigenvalue weighted by Gasteiger charge is 2.06. The number of hydrogen-bond acceptors (Lipinski definition) is 4. The van der Waals surface area contributed by atoms with Gasteiger partial charge in [0.1, 0.15) is 11.0 Å². The molecule has 1 N–H and O–H groups in total. The van der Waals surface area contributed by atoms with Gasteiger partial charge in [-0.15, -0.1) is 0 Å². The normalized spacial score (nSPS) is 10.7. The number of ether oxygens (including phenoxy) is 2. The van der Waals surface area contributed by atoms with Gasteiger partial charge in [0.15, 0.2) is 0 Å². The molecular formula is C12H17Cl3N2O2. The molecule has 4 nitrogen and oxygen atoms in total. The zero-order valence-corrected chi connectivity index (χ0v) is 13.0. The summed E-state index contributed by atoms with van der Waals surface area (Å²) in [6.07, 6.45) is 1.90. The van der Waals surface area contributed by atoms with Gasteiger partial charge in [0, 0.05) is 20.3 Å². The average Bonchev–Trinajstić information content (AvgIpc) is 2.38. The molecule has 0 spiro atoms. The Morgan fingerprint density at radius 1 is 1.11 bits per heavy atom. The summed E-state index contributed by atoms with van der Waals surface area (Å²) in [4.78, 5) is 4.07. The molecule has 1 aromatic heterocycles. The predicted octanol–water partition coefficient (Wildman–Crippen LogP) is 3.90. The molecule has 7 heteroatoms. The van der Waals surface area contributed by atoms with Crippen LogP contribution in [0.25, 0.3) is 0 Å². The summed E-state index contributed by atoms with van der Waals surface area (Å²) >= 11 is 17.6. The van der Waals surface area contributed by atoms with Crippen LogP contribution < -0.4 is 5.32 Å². The van der Waals surface area contributed by atoms with Crippen LogP contribution in [0.15, 0.2) is 6.07 Å². The maximum Gasteiger partial charge on any atom is 0.150 e. The van der Waals surface area contributed by atoms with E-state index in [0.29, 0.717) is 35.7 Å². The number of aromatic nitrogens is 1. The molecular weight excluding hydrogens is 311 g/mol. The van der Waals surface area contributed by atoms with Crippen molar-refractivity contribution >= 4 is 40.6 Å². The summed E-state index contributed by atoms with van der Waals surface area (Å²) in [5.41, 5.74) is 0. The van der Waals surface area contributed by atoms with E-state index >= 15 is 0 Å². The molecule has 0 saturated carbocycles. The molecule has 0 saturated heterocycles. The average molecular weight is 328 g/mol. The molecule has 1 heterocycles. The lowest BCUT2D eigenvalue weighted by Crippen LogP contribution is -2.07. The minimum atomic E-state index is 0.247. The second kappa shape index (κ2) is 9.61. The first-order valence-corrected chi connectivity index (χ1v) is 7.10. The van der Waals surface area contributed by atoms with Crippen molar-refractivity contribution in [1.82, 2.24) is 4.98 Å². The standard InChI is InChI=1S/C12H17Cl3N2O2/c1-18-6-7-19-5-3-2-4-16-12-10(14)8-9(13)11(15)17-12/h8H,2-7H2,1H3,(H,16,17). The third kappa shape index (κ3) is 6.63. The molecule has 0 atom stereocenters. The predicted molar refractivity (Wildman–Crippen MR) is 79.7 cm³/mol. The van der Waals surface area contributed by atoms with E-state index < -0.39 is 0 Å². The van der Waals surface area contributed by atoms with Crippen molar-refractivity contribution in [3.63, 3.8) is 0 Å². The Hall–Kier alpha value is -0.260. The summed E-state index contributed by atoms with van der Waals surface area (Å²) < 4.78 is 10.2. The van der Waals surface area contributed by atoms with E-state index in [9.17, 15) is 0 Å². The lowest BCUT2D eigenvalue weighted by atomic mass is 10.3. The number of anilines is 1.